The van der Waals surface area contributed by atoms with Gasteiger partial charge in [0.2, 0.25) is 5.91 Å². The fourth-order valence-electron chi connectivity index (χ4n) is 1.36. The second-order valence-electron chi connectivity index (χ2n) is 3.76. The molecule has 1 amide bonds. The second-order valence-corrected chi connectivity index (χ2v) is 4.93. The van der Waals surface area contributed by atoms with Gasteiger partial charge in [0.1, 0.15) is 0 Å². The summed E-state index contributed by atoms with van der Waals surface area (Å²) in [6.45, 7) is 0.603. The number of aliphatic carboxylic acids is 1. The van der Waals surface area contributed by atoms with Crippen LogP contribution in [-0.4, -0.2) is 29.3 Å². The Bertz CT molecular complexity index is 381. The number of benzene rings is 1. The van der Waals surface area contributed by atoms with E-state index in [1.54, 1.807) is 11.8 Å². The van der Waals surface area contributed by atoms with Crippen LogP contribution < -0.4 is 5.32 Å². The Morgan fingerprint density at radius 2 is 1.89 bits per heavy atom. The van der Waals surface area contributed by atoms with Crippen molar-refractivity contribution >= 4 is 23.6 Å². The van der Waals surface area contributed by atoms with Crippen LogP contribution in [0.3, 0.4) is 0 Å². The van der Waals surface area contributed by atoms with Crippen molar-refractivity contribution in [3.05, 3.63) is 30.3 Å². The Balaban J connectivity index is 2.04. The number of amides is 1. The van der Waals surface area contributed by atoms with Crippen LogP contribution in [0.5, 0.6) is 0 Å². The first-order chi connectivity index (χ1) is 8.68. The van der Waals surface area contributed by atoms with E-state index in [4.69, 9.17) is 5.11 Å². The Morgan fingerprint density at radius 3 is 2.56 bits per heavy atom. The lowest BCUT2D eigenvalue weighted by molar-refractivity contribution is -0.137. The summed E-state index contributed by atoms with van der Waals surface area (Å²) in [5, 5.41) is 11.2. The maximum Gasteiger partial charge on any atom is 0.303 e. The van der Waals surface area contributed by atoms with Crippen LogP contribution in [-0.2, 0) is 9.59 Å². The van der Waals surface area contributed by atoms with Crippen LogP contribution in [0.4, 0.5) is 0 Å². The fourth-order valence-corrected chi connectivity index (χ4v) is 2.15. The summed E-state index contributed by atoms with van der Waals surface area (Å²) in [4.78, 5) is 22.8. The summed E-state index contributed by atoms with van der Waals surface area (Å²) >= 11 is 1.68. The molecule has 0 spiro atoms. The van der Waals surface area contributed by atoms with E-state index in [1.807, 2.05) is 30.3 Å². The molecule has 1 aromatic carbocycles. The molecule has 18 heavy (non-hydrogen) atoms. The standard InChI is InChI=1S/C13H17NO3S/c15-12(7-4-8-13(16)17)14-9-10-18-11-5-2-1-3-6-11/h1-3,5-6H,4,7-10H2,(H,14,15)(H,16,17). The minimum Gasteiger partial charge on any atom is -0.481 e. The summed E-state index contributed by atoms with van der Waals surface area (Å²) in [6.07, 6.45) is 0.724. The van der Waals surface area contributed by atoms with Crippen LogP contribution in [0.2, 0.25) is 0 Å². The lowest BCUT2D eigenvalue weighted by atomic mass is 10.2. The molecule has 0 fully saturated rings. The fraction of sp³-hybridized carbons (Fsp3) is 0.385. The molecule has 0 aliphatic carbocycles. The SMILES string of the molecule is O=C(O)CCCC(=O)NCCSc1ccccc1. The number of nitrogens with one attached hydrogen (secondary N) is 1. The van der Waals surface area contributed by atoms with Gasteiger partial charge in [-0.25, -0.2) is 0 Å². The van der Waals surface area contributed by atoms with Crippen molar-refractivity contribution < 1.29 is 14.7 Å². The van der Waals surface area contributed by atoms with E-state index in [9.17, 15) is 9.59 Å². The normalized spacial score (nSPS) is 10.0. The molecular weight excluding hydrogens is 250 g/mol. The Kier molecular flexibility index (Phi) is 6.94. The lowest BCUT2D eigenvalue weighted by Gasteiger charge is -2.04. The minimum absolute atomic E-state index is 0.0478. The Labute approximate surface area is 111 Å². The molecular formula is C13H17NO3S. The van der Waals surface area contributed by atoms with E-state index >= 15 is 0 Å². The highest BCUT2D eigenvalue weighted by molar-refractivity contribution is 7.99. The Morgan fingerprint density at radius 1 is 1.17 bits per heavy atom. The number of hydrogen-bond donors (Lipinski definition) is 2. The summed E-state index contributed by atoms with van der Waals surface area (Å²) in [7, 11) is 0. The molecule has 0 saturated heterocycles. The van der Waals surface area contributed by atoms with Crippen molar-refractivity contribution in [2.24, 2.45) is 0 Å². The number of carboxylic acids is 1. The van der Waals surface area contributed by atoms with Crippen molar-refractivity contribution in [1.82, 2.24) is 5.32 Å². The monoisotopic (exact) mass is 267 g/mol. The van der Waals surface area contributed by atoms with Gasteiger partial charge in [-0.15, -0.1) is 11.8 Å². The van der Waals surface area contributed by atoms with Gasteiger partial charge in [-0.2, -0.15) is 0 Å². The van der Waals surface area contributed by atoms with Crippen LogP contribution in [0.15, 0.2) is 35.2 Å². The molecule has 0 bridgehead atoms. The highest BCUT2D eigenvalue weighted by atomic mass is 32.2. The first-order valence-corrected chi connectivity index (χ1v) is 6.83. The molecule has 2 N–H and O–H groups in total. The van der Waals surface area contributed by atoms with Crippen LogP contribution >= 0.6 is 11.8 Å². The third kappa shape index (κ3) is 6.96. The number of thioether (sulfide) groups is 1. The molecule has 5 heteroatoms. The minimum atomic E-state index is -0.859. The summed E-state index contributed by atoms with van der Waals surface area (Å²) in [5.41, 5.74) is 0. The molecule has 0 unspecified atom stereocenters. The third-order valence-corrected chi connectivity index (χ3v) is 3.24. The lowest BCUT2D eigenvalue weighted by Crippen LogP contribution is -2.25. The molecule has 0 aromatic heterocycles. The van der Waals surface area contributed by atoms with Crippen LogP contribution in [0.25, 0.3) is 0 Å². The number of carbonyl (C=O) groups excluding carboxylic acids is 1. The Hall–Kier alpha value is -1.49. The zero-order chi connectivity index (χ0) is 13.2. The molecule has 1 aromatic rings. The van der Waals surface area contributed by atoms with Gasteiger partial charge in [0.25, 0.3) is 0 Å². The molecule has 0 aliphatic heterocycles. The predicted molar refractivity (Wildman–Crippen MR) is 71.7 cm³/mol. The van der Waals surface area contributed by atoms with Crippen molar-refractivity contribution in [2.75, 3.05) is 12.3 Å². The largest absolute Gasteiger partial charge is 0.481 e. The number of carbonyl (C=O) groups is 2. The number of rotatable bonds is 8. The highest BCUT2D eigenvalue weighted by Gasteiger charge is 2.03. The summed E-state index contributed by atoms with van der Waals surface area (Å²) < 4.78 is 0. The molecule has 1 rings (SSSR count). The molecule has 4 nitrogen and oxygen atoms in total. The molecule has 0 atom stereocenters. The average Bonchev–Trinajstić information content (AvgIpc) is 2.35. The van der Waals surface area contributed by atoms with Gasteiger partial charge < -0.3 is 10.4 Å². The van der Waals surface area contributed by atoms with E-state index in [2.05, 4.69) is 5.32 Å². The summed E-state index contributed by atoms with van der Waals surface area (Å²) in [6, 6.07) is 9.98. The molecule has 98 valence electrons. The molecule has 0 heterocycles. The van der Waals surface area contributed by atoms with Gasteiger partial charge in [0.05, 0.1) is 0 Å². The maximum atomic E-state index is 11.3. The second kappa shape index (κ2) is 8.58. The van der Waals surface area contributed by atoms with Gasteiger partial charge in [0, 0.05) is 30.0 Å². The van der Waals surface area contributed by atoms with E-state index in [0.29, 0.717) is 13.0 Å². The topological polar surface area (TPSA) is 66.4 Å². The van der Waals surface area contributed by atoms with Gasteiger partial charge in [-0.3, -0.25) is 9.59 Å². The average molecular weight is 267 g/mol. The molecule has 0 saturated carbocycles. The van der Waals surface area contributed by atoms with Gasteiger partial charge in [-0.1, -0.05) is 18.2 Å². The van der Waals surface area contributed by atoms with Gasteiger partial charge in [-0.05, 0) is 18.6 Å². The van der Waals surface area contributed by atoms with Crippen molar-refractivity contribution in [3.63, 3.8) is 0 Å². The predicted octanol–water partition coefficient (Wildman–Crippen LogP) is 2.15. The zero-order valence-electron chi connectivity index (χ0n) is 10.1. The molecule has 0 radical (unpaired) electrons. The van der Waals surface area contributed by atoms with E-state index in [1.165, 1.54) is 4.90 Å². The number of hydrogen-bond acceptors (Lipinski definition) is 3. The van der Waals surface area contributed by atoms with E-state index in [0.717, 1.165) is 5.75 Å². The third-order valence-electron chi connectivity index (χ3n) is 2.23. The van der Waals surface area contributed by atoms with Crippen LogP contribution in [0, 0.1) is 0 Å². The van der Waals surface area contributed by atoms with Crippen molar-refractivity contribution in [3.8, 4) is 0 Å². The van der Waals surface area contributed by atoms with Gasteiger partial charge in [0.15, 0.2) is 0 Å². The smallest absolute Gasteiger partial charge is 0.303 e. The molecule has 0 aliphatic rings. The van der Waals surface area contributed by atoms with Crippen LogP contribution in [0.1, 0.15) is 19.3 Å². The van der Waals surface area contributed by atoms with Crippen molar-refractivity contribution in [2.45, 2.75) is 24.2 Å². The van der Waals surface area contributed by atoms with Crippen molar-refractivity contribution in [1.29, 1.82) is 0 Å². The first-order valence-electron chi connectivity index (χ1n) is 5.85. The maximum absolute atomic E-state index is 11.3. The highest BCUT2D eigenvalue weighted by Crippen LogP contribution is 2.15. The first kappa shape index (κ1) is 14.6. The zero-order valence-corrected chi connectivity index (χ0v) is 10.9. The van der Waals surface area contributed by atoms with E-state index < -0.39 is 5.97 Å². The summed E-state index contributed by atoms with van der Waals surface area (Å²) in [5.74, 6) is -0.123. The van der Waals surface area contributed by atoms with Gasteiger partial charge >= 0.3 is 5.97 Å². The number of carboxylic acid groups (broad SMARTS) is 1. The quantitative estimate of drug-likeness (QED) is 0.559. The van der Waals surface area contributed by atoms with E-state index in [-0.39, 0.29) is 18.7 Å².